The lowest BCUT2D eigenvalue weighted by atomic mass is 10.0. The molecule has 17 heteroatoms. The van der Waals surface area contributed by atoms with Crippen molar-refractivity contribution in [2.75, 3.05) is 38.8 Å². The molecule has 5 atom stereocenters. The van der Waals surface area contributed by atoms with E-state index in [1.165, 1.54) is 17.2 Å². The Hall–Kier alpha value is -4.70. The minimum atomic E-state index is -1.31. The minimum Gasteiger partial charge on any atom is -0.493 e. The molecular formula is C28H38N10O7. The number of benzene rings is 1. The molecule has 0 unspecified atom stereocenters. The van der Waals surface area contributed by atoms with Crippen molar-refractivity contribution in [1.82, 2.24) is 30.2 Å². The summed E-state index contributed by atoms with van der Waals surface area (Å²) < 4.78 is 18.4. The molecular weight excluding hydrogens is 588 g/mol. The number of imidazole rings is 1. The summed E-state index contributed by atoms with van der Waals surface area (Å²) in [5, 5.41) is 30.2. The summed E-state index contributed by atoms with van der Waals surface area (Å²) in [7, 11) is 3.63. The molecule has 1 aliphatic heterocycles. The number of hydrogen-bond donors (Lipinski definition) is 4. The Labute approximate surface area is 259 Å². The van der Waals surface area contributed by atoms with Crippen molar-refractivity contribution < 1.29 is 34.0 Å². The smallest absolute Gasteiger partial charge is 0.408 e. The SMILES string of the molecule is CN(C)c1ncnc2c1ncn2[C@@H]1O[C@H](CO)[C@@H](NC(=O)[C@H](Cc2ccc(OCCN=[N+]=[N-])cc2)NC(=O)OC(C)(C)C)[C@H]1O. The zero-order valence-electron chi connectivity index (χ0n) is 25.7. The number of rotatable bonds is 12. The molecule has 1 saturated heterocycles. The molecule has 0 bridgehead atoms. The third-order valence-corrected chi connectivity index (χ3v) is 6.79. The van der Waals surface area contributed by atoms with E-state index in [1.54, 1.807) is 49.9 Å². The fourth-order valence-corrected chi connectivity index (χ4v) is 4.79. The van der Waals surface area contributed by atoms with Gasteiger partial charge < -0.3 is 40.0 Å². The molecule has 1 aromatic carbocycles. The van der Waals surface area contributed by atoms with Crippen molar-refractivity contribution >= 4 is 29.0 Å². The first-order valence-electron chi connectivity index (χ1n) is 14.2. The molecule has 2 aromatic heterocycles. The van der Waals surface area contributed by atoms with Gasteiger partial charge in [0, 0.05) is 25.4 Å². The first-order valence-corrected chi connectivity index (χ1v) is 14.2. The lowest BCUT2D eigenvalue weighted by Crippen LogP contribution is -2.56. The number of carbonyl (C=O) groups excluding carboxylic acids is 2. The number of anilines is 1. The van der Waals surface area contributed by atoms with Gasteiger partial charge in [-0.05, 0) is 44.0 Å². The van der Waals surface area contributed by atoms with E-state index < -0.39 is 54.7 Å². The number of fused-ring (bicyclic) bond motifs is 1. The van der Waals surface area contributed by atoms with Gasteiger partial charge in [-0.25, -0.2) is 19.7 Å². The lowest BCUT2D eigenvalue weighted by Gasteiger charge is -2.26. The molecule has 17 nitrogen and oxygen atoms in total. The molecule has 1 aliphatic rings. The molecule has 0 radical (unpaired) electrons. The Morgan fingerprint density at radius 3 is 2.60 bits per heavy atom. The molecule has 3 heterocycles. The number of nitrogens with one attached hydrogen (secondary N) is 2. The highest BCUT2D eigenvalue weighted by Crippen LogP contribution is 2.32. The molecule has 0 aliphatic carbocycles. The van der Waals surface area contributed by atoms with Crippen LogP contribution in [0.15, 0.2) is 42.0 Å². The number of alkyl carbamates (subject to hydrolysis) is 1. The first-order chi connectivity index (χ1) is 21.4. The summed E-state index contributed by atoms with van der Waals surface area (Å²) in [6.07, 6.45) is -1.24. The second kappa shape index (κ2) is 14.4. The van der Waals surface area contributed by atoms with Crippen molar-refractivity contribution in [3.63, 3.8) is 0 Å². The van der Waals surface area contributed by atoms with Crippen molar-refractivity contribution in [2.45, 2.75) is 63.3 Å². The number of carbonyl (C=O) groups is 2. The van der Waals surface area contributed by atoms with E-state index >= 15 is 0 Å². The van der Waals surface area contributed by atoms with Crippen LogP contribution >= 0.6 is 0 Å². The Bertz CT molecular complexity index is 1520. The van der Waals surface area contributed by atoms with Crippen LogP contribution in [0.1, 0.15) is 32.6 Å². The Balaban J connectivity index is 1.52. The van der Waals surface area contributed by atoms with Crippen LogP contribution in [0.3, 0.4) is 0 Å². The predicted molar refractivity (Wildman–Crippen MR) is 161 cm³/mol. The van der Waals surface area contributed by atoms with E-state index in [0.717, 1.165) is 0 Å². The van der Waals surface area contributed by atoms with E-state index in [4.69, 9.17) is 19.7 Å². The summed E-state index contributed by atoms with van der Waals surface area (Å²) >= 11 is 0. The number of hydrogen-bond acceptors (Lipinski definition) is 12. The fraction of sp³-hybridized carbons (Fsp3) is 0.536. The van der Waals surface area contributed by atoms with E-state index in [1.807, 2.05) is 14.1 Å². The van der Waals surface area contributed by atoms with Crippen LogP contribution in [-0.2, 0) is 20.7 Å². The number of aromatic nitrogens is 4. The van der Waals surface area contributed by atoms with Crippen molar-refractivity contribution in [2.24, 2.45) is 5.11 Å². The normalized spacial score (nSPS) is 20.2. The van der Waals surface area contributed by atoms with Gasteiger partial charge in [0.2, 0.25) is 5.91 Å². The molecule has 4 N–H and O–H groups in total. The van der Waals surface area contributed by atoms with Gasteiger partial charge in [0.1, 0.15) is 35.9 Å². The highest BCUT2D eigenvalue weighted by atomic mass is 16.6. The quantitative estimate of drug-likeness (QED) is 0.0975. The van der Waals surface area contributed by atoms with Gasteiger partial charge in [-0.2, -0.15) is 0 Å². The monoisotopic (exact) mass is 626 g/mol. The Kier molecular flexibility index (Phi) is 10.6. The van der Waals surface area contributed by atoms with Gasteiger partial charge in [-0.3, -0.25) is 9.36 Å². The molecule has 1 fully saturated rings. The zero-order valence-corrected chi connectivity index (χ0v) is 25.7. The number of azide groups is 1. The average Bonchev–Trinajstić information content (AvgIpc) is 3.55. The second-order valence-corrected chi connectivity index (χ2v) is 11.5. The maximum absolute atomic E-state index is 13.7. The Morgan fingerprint density at radius 1 is 1.22 bits per heavy atom. The van der Waals surface area contributed by atoms with Crippen LogP contribution in [0, 0.1) is 0 Å². The van der Waals surface area contributed by atoms with Gasteiger partial charge in [0.25, 0.3) is 0 Å². The van der Waals surface area contributed by atoms with Crippen LogP contribution < -0.4 is 20.3 Å². The minimum absolute atomic E-state index is 0.0668. The van der Waals surface area contributed by atoms with Crippen LogP contribution in [0.4, 0.5) is 10.6 Å². The number of amides is 2. The molecule has 242 valence electrons. The highest BCUT2D eigenvalue weighted by molar-refractivity contribution is 5.86. The predicted octanol–water partition coefficient (Wildman–Crippen LogP) is 1.45. The molecule has 0 saturated carbocycles. The largest absolute Gasteiger partial charge is 0.493 e. The van der Waals surface area contributed by atoms with Crippen molar-refractivity contribution in [1.29, 1.82) is 0 Å². The molecule has 4 rings (SSSR count). The van der Waals surface area contributed by atoms with Crippen LogP contribution in [0.2, 0.25) is 0 Å². The van der Waals surface area contributed by atoms with Crippen molar-refractivity contribution in [3.05, 3.63) is 52.9 Å². The first kappa shape index (κ1) is 33.2. The van der Waals surface area contributed by atoms with Gasteiger partial charge in [0.15, 0.2) is 23.2 Å². The van der Waals surface area contributed by atoms with E-state index in [2.05, 4.69) is 35.6 Å². The number of aliphatic hydroxyl groups excluding tert-OH is 2. The van der Waals surface area contributed by atoms with Gasteiger partial charge in [0.05, 0.1) is 32.1 Å². The second-order valence-electron chi connectivity index (χ2n) is 11.5. The lowest BCUT2D eigenvalue weighted by molar-refractivity contribution is -0.125. The van der Waals surface area contributed by atoms with E-state index in [-0.39, 0.29) is 19.6 Å². The number of aliphatic hydroxyl groups is 2. The molecule has 3 aromatic rings. The maximum atomic E-state index is 13.7. The summed E-state index contributed by atoms with van der Waals surface area (Å²) in [4.78, 5) is 43.8. The van der Waals surface area contributed by atoms with E-state index in [0.29, 0.717) is 28.3 Å². The standard InChI is InChI=1S/C28H38N10O7/c1-28(2,3)45-27(42)34-18(12-16-6-8-17(9-7-16)43-11-10-33-36-29)25(41)35-20-19(13-39)44-26(22(20)40)38-15-32-21-23(37(4)5)30-14-31-24(21)38/h6-9,14-15,18-20,22,26,39-40H,10-13H2,1-5H3,(H,34,42)(H,35,41)/t18-,19+,20+,22+,26+/m0/s1. The topological polar surface area (TPSA) is 222 Å². The van der Waals surface area contributed by atoms with Gasteiger partial charge in [-0.15, -0.1) is 0 Å². The molecule has 2 amide bonds. The number of ether oxygens (including phenoxy) is 3. The maximum Gasteiger partial charge on any atom is 0.408 e. The summed E-state index contributed by atoms with van der Waals surface area (Å²) in [6.45, 7) is 4.97. The number of nitrogens with zero attached hydrogens (tertiary/aromatic N) is 8. The Morgan fingerprint density at radius 2 is 1.96 bits per heavy atom. The van der Waals surface area contributed by atoms with E-state index in [9.17, 15) is 19.8 Å². The van der Waals surface area contributed by atoms with Gasteiger partial charge >= 0.3 is 6.09 Å². The zero-order chi connectivity index (χ0) is 32.7. The summed E-state index contributed by atoms with van der Waals surface area (Å²) in [6, 6.07) is 4.68. The van der Waals surface area contributed by atoms with Crippen molar-refractivity contribution in [3.8, 4) is 5.75 Å². The third kappa shape index (κ3) is 8.27. The highest BCUT2D eigenvalue weighted by Gasteiger charge is 2.46. The summed E-state index contributed by atoms with van der Waals surface area (Å²) in [5.74, 6) is 0.472. The van der Waals surface area contributed by atoms with Crippen LogP contribution in [-0.4, -0.2) is 105 Å². The van der Waals surface area contributed by atoms with Gasteiger partial charge in [-0.1, -0.05) is 17.2 Å². The van der Waals surface area contributed by atoms with Crippen LogP contribution in [0.25, 0.3) is 21.6 Å². The fourth-order valence-electron chi connectivity index (χ4n) is 4.79. The molecule has 0 spiro atoms. The van der Waals surface area contributed by atoms with Crippen LogP contribution in [0.5, 0.6) is 5.75 Å². The third-order valence-electron chi connectivity index (χ3n) is 6.79. The summed E-state index contributed by atoms with van der Waals surface area (Å²) in [5.41, 5.74) is 9.16. The average molecular weight is 627 g/mol. The molecule has 45 heavy (non-hydrogen) atoms.